The largest absolute Gasteiger partial charge is 0.542 e. The summed E-state index contributed by atoms with van der Waals surface area (Å²) >= 11 is 0. The summed E-state index contributed by atoms with van der Waals surface area (Å²) in [5.41, 5.74) is -1.05. The Balaban J connectivity index is 2.45. The second kappa shape index (κ2) is 5.33. The molecule has 0 radical (unpaired) electrons. The average molecular weight is 308 g/mol. The van der Waals surface area contributed by atoms with Crippen LogP contribution in [0.25, 0.3) is 0 Å². The fraction of sp³-hybridized carbons (Fsp3) is 0.538. The third-order valence-corrected chi connectivity index (χ3v) is 3.93. The van der Waals surface area contributed by atoms with Crippen molar-refractivity contribution in [2.75, 3.05) is 7.11 Å². The lowest BCUT2D eigenvalue weighted by atomic mass is 9.83. The van der Waals surface area contributed by atoms with Crippen molar-refractivity contribution in [3.8, 4) is 0 Å². The van der Waals surface area contributed by atoms with E-state index in [4.69, 9.17) is 9.31 Å². The molecule has 0 bridgehead atoms. The Hall–Kier alpha value is -2.00. The lowest BCUT2D eigenvalue weighted by Gasteiger charge is -2.32. The maximum atomic E-state index is 11.7. The molecule has 0 unspecified atom stereocenters. The van der Waals surface area contributed by atoms with Gasteiger partial charge in [-0.25, -0.2) is 4.79 Å². The number of hydrogen-bond donors (Lipinski definition) is 0. The summed E-state index contributed by atoms with van der Waals surface area (Å²) in [5, 5.41) is 11.0. The summed E-state index contributed by atoms with van der Waals surface area (Å²) in [4.78, 5) is 25.9. The number of methoxy groups -OCH3 is 1. The summed E-state index contributed by atoms with van der Waals surface area (Å²) in [7, 11) is 0.302. The molecule has 0 spiro atoms. The van der Waals surface area contributed by atoms with Crippen LogP contribution >= 0.6 is 0 Å². The van der Waals surface area contributed by atoms with E-state index in [1.807, 2.05) is 27.7 Å². The molecule has 2 heterocycles. The third-order valence-electron chi connectivity index (χ3n) is 3.93. The number of pyridine rings is 1. The van der Waals surface area contributed by atoms with Crippen molar-refractivity contribution in [2.24, 2.45) is 0 Å². The van der Waals surface area contributed by atoms with Gasteiger partial charge in [0, 0.05) is 0 Å². The highest BCUT2D eigenvalue weighted by atomic mass is 16.7. The number of aromatic nitrogens is 1. The molecule has 1 fully saturated rings. The second-order valence-corrected chi connectivity index (χ2v) is 5.98. The molecule has 0 saturated carbocycles. The molecule has 22 heavy (non-hydrogen) atoms. The summed E-state index contributed by atoms with van der Waals surface area (Å²) < 4.78 is 16.2. The zero-order valence-corrected chi connectivity index (χ0v) is 13.1. The number of nitro groups is 1. The van der Waals surface area contributed by atoms with Gasteiger partial charge >= 0.3 is 18.9 Å². The van der Waals surface area contributed by atoms with Gasteiger partial charge in [0.05, 0.1) is 29.9 Å². The standard InChI is InChI=1S/C13H17BN2O6/c1-12(2)13(3,4)22-14(21-12)9-6-8(11(17)20-5)7-10(15-9)16(18)19/h6-7H,1-5H3. The first-order valence-corrected chi connectivity index (χ1v) is 6.68. The van der Waals surface area contributed by atoms with E-state index in [-0.39, 0.29) is 11.2 Å². The van der Waals surface area contributed by atoms with E-state index in [1.165, 1.54) is 13.2 Å². The highest BCUT2D eigenvalue weighted by Crippen LogP contribution is 2.36. The van der Waals surface area contributed by atoms with E-state index in [0.717, 1.165) is 6.07 Å². The van der Waals surface area contributed by atoms with Gasteiger partial charge in [0.2, 0.25) is 0 Å². The summed E-state index contributed by atoms with van der Waals surface area (Å²) in [5.74, 6) is -1.16. The lowest BCUT2D eigenvalue weighted by Crippen LogP contribution is -2.41. The highest BCUT2D eigenvalue weighted by molar-refractivity contribution is 6.61. The minimum atomic E-state index is -0.895. The highest BCUT2D eigenvalue weighted by Gasteiger charge is 2.54. The van der Waals surface area contributed by atoms with E-state index in [2.05, 4.69) is 9.72 Å². The SMILES string of the molecule is COC(=O)c1cc(B2OC(C)(C)C(C)(C)O2)nc([N+](=O)[O-])c1. The van der Waals surface area contributed by atoms with Crippen molar-refractivity contribution in [3.05, 3.63) is 27.8 Å². The maximum absolute atomic E-state index is 11.7. The molecule has 118 valence electrons. The van der Waals surface area contributed by atoms with Gasteiger partial charge in [0.1, 0.15) is 0 Å². The Bertz CT molecular complexity index is 615. The van der Waals surface area contributed by atoms with Gasteiger partial charge in [0.25, 0.3) is 0 Å². The van der Waals surface area contributed by atoms with E-state index in [1.54, 1.807) is 0 Å². The van der Waals surface area contributed by atoms with Crippen LogP contribution in [0, 0.1) is 10.1 Å². The number of carbonyl (C=O) groups excluding carboxylic acids is 1. The molecule has 2 rings (SSSR count). The number of esters is 1. The van der Waals surface area contributed by atoms with Crippen molar-refractivity contribution in [1.82, 2.24) is 4.98 Å². The molecule has 1 aromatic heterocycles. The van der Waals surface area contributed by atoms with E-state index >= 15 is 0 Å². The quantitative estimate of drug-likeness (QED) is 0.356. The molecule has 0 amide bonds. The Kier molecular flexibility index (Phi) is 3.97. The van der Waals surface area contributed by atoms with Crippen LogP contribution in [0.3, 0.4) is 0 Å². The van der Waals surface area contributed by atoms with Gasteiger partial charge in [-0.3, -0.25) is 0 Å². The van der Waals surface area contributed by atoms with Crippen LogP contribution in [0.15, 0.2) is 12.1 Å². The van der Waals surface area contributed by atoms with E-state index in [9.17, 15) is 14.9 Å². The fourth-order valence-corrected chi connectivity index (χ4v) is 1.95. The van der Waals surface area contributed by atoms with Crippen LogP contribution in [0.2, 0.25) is 0 Å². The summed E-state index contributed by atoms with van der Waals surface area (Å²) in [6.07, 6.45) is 0. The average Bonchev–Trinajstić information content (AvgIpc) is 2.66. The van der Waals surface area contributed by atoms with Crippen molar-refractivity contribution in [3.63, 3.8) is 0 Å². The van der Waals surface area contributed by atoms with Crippen LogP contribution in [-0.4, -0.2) is 41.3 Å². The molecule has 0 N–H and O–H groups in total. The van der Waals surface area contributed by atoms with Crippen LogP contribution < -0.4 is 5.59 Å². The number of ether oxygens (including phenoxy) is 1. The summed E-state index contributed by atoms with van der Waals surface area (Å²) in [6.45, 7) is 7.41. The van der Waals surface area contributed by atoms with Crippen LogP contribution in [0.5, 0.6) is 0 Å². The Labute approximate surface area is 128 Å². The van der Waals surface area contributed by atoms with E-state index < -0.39 is 35.0 Å². The normalized spacial score (nSPS) is 19.0. The molecule has 1 aromatic rings. The summed E-state index contributed by atoms with van der Waals surface area (Å²) in [6, 6.07) is 2.43. The van der Waals surface area contributed by atoms with Gasteiger partial charge in [0.15, 0.2) is 5.59 Å². The molecule has 1 aliphatic heterocycles. The number of nitrogens with zero attached hydrogens (tertiary/aromatic N) is 2. The van der Waals surface area contributed by atoms with Crippen LogP contribution in [-0.2, 0) is 14.0 Å². The van der Waals surface area contributed by atoms with Crippen molar-refractivity contribution in [1.29, 1.82) is 0 Å². The van der Waals surface area contributed by atoms with Gasteiger partial charge in [-0.2, -0.15) is 0 Å². The predicted octanol–water partition coefficient (Wildman–Crippen LogP) is 1.08. The fourth-order valence-electron chi connectivity index (χ4n) is 1.95. The molecule has 8 nitrogen and oxygen atoms in total. The molecular formula is C13H17BN2O6. The number of rotatable bonds is 3. The third kappa shape index (κ3) is 2.82. The van der Waals surface area contributed by atoms with Crippen molar-refractivity contribution >= 4 is 24.5 Å². The van der Waals surface area contributed by atoms with E-state index in [0.29, 0.717) is 0 Å². The monoisotopic (exact) mass is 308 g/mol. The van der Waals surface area contributed by atoms with Gasteiger partial charge in [-0.1, -0.05) is 0 Å². The van der Waals surface area contributed by atoms with Gasteiger partial charge in [-0.05, 0) is 43.7 Å². The molecule has 9 heteroatoms. The number of hydrogen-bond acceptors (Lipinski definition) is 7. The topological polar surface area (TPSA) is 101 Å². The van der Waals surface area contributed by atoms with Gasteiger partial charge in [-0.15, -0.1) is 0 Å². The Morgan fingerprint density at radius 1 is 1.27 bits per heavy atom. The van der Waals surface area contributed by atoms with Gasteiger partial charge < -0.3 is 24.2 Å². The zero-order chi connectivity index (χ0) is 16.7. The Morgan fingerprint density at radius 2 is 1.82 bits per heavy atom. The van der Waals surface area contributed by atoms with Crippen LogP contribution in [0.1, 0.15) is 38.1 Å². The first-order valence-electron chi connectivity index (χ1n) is 6.68. The zero-order valence-electron chi connectivity index (χ0n) is 13.1. The first kappa shape index (κ1) is 16.4. The first-order chi connectivity index (χ1) is 10.1. The van der Waals surface area contributed by atoms with Crippen molar-refractivity contribution < 1.29 is 23.8 Å². The maximum Gasteiger partial charge on any atom is 0.542 e. The second-order valence-electron chi connectivity index (χ2n) is 5.98. The predicted molar refractivity (Wildman–Crippen MR) is 77.9 cm³/mol. The smallest absolute Gasteiger partial charge is 0.465 e. The lowest BCUT2D eigenvalue weighted by molar-refractivity contribution is -0.389. The molecule has 0 atom stereocenters. The molecular weight excluding hydrogens is 291 g/mol. The van der Waals surface area contributed by atoms with Crippen LogP contribution in [0.4, 0.5) is 5.82 Å². The molecule has 0 aromatic carbocycles. The van der Waals surface area contributed by atoms with Crippen molar-refractivity contribution in [2.45, 2.75) is 38.9 Å². The molecule has 1 aliphatic rings. The Morgan fingerprint density at radius 3 is 2.27 bits per heavy atom. The minimum Gasteiger partial charge on any atom is -0.465 e. The minimum absolute atomic E-state index is 0.0221. The number of carbonyl (C=O) groups is 1. The molecule has 1 saturated heterocycles. The molecule has 0 aliphatic carbocycles.